The van der Waals surface area contributed by atoms with Crippen molar-refractivity contribution in [1.29, 1.82) is 0 Å². The molecule has 2 nitrogen and oxygen atoms in total. The van der Waals surface area contributed by atoms with Crippen molar-refractivity contribution in [2.24, 2.45) is 0 Å². The first-order valence-electron chi connectivity index (χ1n) is 7.95. The normalized spacial score (nSPS) is 10.6. The SMILES string of the molecule is CCCCCNCc1cccc(OCc2cccc(Cl)c2)c1. The fourth-order valence-electron chi connectivity index (χ4n) is 2.27. The van der Waals surface area contributed by atoms with Gasteiger partial charge in [-0.25, -0.2) is 0 Å². The van der Waals surface area contributed by atoms with Gasteiger partial charge in [-0.1, -0.05) is 55.6 Å². The van der Waals surface area contributed by atoms with E-state index in [1.54, 1.807) is 0 Å². The first-order valence-corrected chi connectivity index (χ1v) is 8.32. The molecule has 0 fully saturated rings. The molecule has 22 heavy (non-hydrogen) atoms. The Morgan fingerprint density at radius 1 is 1.00 bits per heavy atom. The van der Waals surface area contributed by atoms with E-state index >= 15 is 0 Å². The maximum Gasteiger partial charge on any atom is 0.120 e. The highest BCUT2D eigenvalue weighted by Gasteiger charge is 1.99. The third-order valence-corrected chi connectivity index (χ3v) is 3.71. The van der Waals surface area contributed by atoms with Crippen LogP contribution in [0, 0.1) is 0 Å². The summed E-state index contributed by atoms with van der Waals surface area (Å²) in [4.78, 5) is 0. The van der Waals surface area contributed by atoms with Crippen LogP contribution < -0.4 is 10.1 Å². The number of hydrogen-bond donors (Lipinski definition) is 1. The van der Waals surface area contributed by atoms with Gasteiger partial charge in [-0.3, -0.25) is 0 Å². The van der Waals surface area contributed by atoms with E-state index in [0.29, 0.717) is 6.61 Å². The summed E-state index contributed by atoms with van der Waals surface area (Å²) in [7, 11) is 0. The van der Waals surface area contributed by atoms with Gasteiger partial charge in [-0.05, 0) is 48.4 Å². The minimum Gasteiger partial charge on any atom is -0.489 e. The average molecular weight is 318 g/mol. The van der Waals surface area contributed by atoms with Gasteiger partial charge in [0.25, 0.3) is 0 Å². The Bertz CT molecular complexity index is 571. The number of nitrogens with one attached hydrogen (secondary N) is 1. The van der Waals surface area contributed by atoms with Crippen molar-refractivity contribution in [3.63, 3.8) is 0 Å². The minimum atomic E-state index is 0.536. The molecule has 0 unspecified atom stereocenters. The summed E-state index contributed by atoms with van der Waals surface area (Å²) in [6.07, 6.45) is 3.78. The molecule has 2 aromatic carbocycles. The second-order valence-corrected chi connectivity index (χ2v) is 5.89. The molecule has 0 heterocycles. The molecule has 0 amide bonds. The number of hydrogen-bond acceptors (Lipinski definition) is 2. The first-order chi connectivity index (χ1) is 10.8. The van der Waals surface area contributed by atoms with E-state index in [0.717, 1.165) is 29.4 Å². The topological polar surface area (TPSA) is 21.3 Å². The highest BCUT2D eigenvalue weighted by molar-refractivity contribution is 6.30. The molecule has 0 bridgehead atoms. The van der Waals surface area contributed by atoms with Crippen LogP contribution in [-0.4, -0.2) is 6.54 Å². The molecule has 118 valence electrons. The zero-order valence-corrected chi connectivity index (χ0v) is 13.9. The van der Waals surface area contributed by atoms with Crippen LogP contribution in [-0.2, 0) is 13.2 Å². The van der Waals surface area contributed by atoms with Crippen molar-refractivity contribution < 1.29 is 4.74 Å². The number of benzene rings is 2. The van der Waals surface area contributed by atoms with Crippen LogP contribution in [0.5, 0.6) is 5.75 Å². The molecule has 0 spiro atoms. The van der Waals surface area contributed by atoms with Gasteiger partial charge in [0.15, 0.2) is 0 Å². The van der Waals surface area contributed by atoms with Crippen LogP contribution in [0.2, 0.25) is 5.02 Å². The molecular weight excluding hydrogens is 294 g/mol. The monoisotopic (exact) mass is 317 g/mol. The summed E-state index contributed by atoms with van der Waals surface area (Å²) in [5.41, 5.74) is 2.33. The average Bonchev–Trinajstić information content (AvgIpc) is 2.53. The molecule has 3 heteroatoms. The quantitative estimate of drug-likeness (QED) is 0.642. The molecule has 0 saturated heterocycles. The Hall–Kier alpha value is -1.51. The van der Waals surface area contributed by atoms with Crippen LogP contribution in [0.1, 0.15) is 37.3 Å². The van der Waals surface area contributed by atoms with Crippen LogP contribution in [0.4, 0.5) is 0 Å². The van der Waals surface area contributed by atoms with Gasteiger partial charge in [0.05, 0.1) is 0 Å². The summed E-state index contributed by atoms with van der Waals surface area (Å²) in [5.74, 6) is 0.896. The highest BCUT2D eigenvalue weighted by atomic mass is 35.5. The molecule has 2 aromatic rings. The Kier molecular flexibility index (Phi) is 7.27. The van der Waals surface area contributed by atoms with E-state index in [1.807, 2.05) is 36.4 Å². The second kappa shape index (κ2) is 9.50. The third kappa shape index (κ3) is 6.08. The molecule has 0 aromatic heterocycles. The summed E-state index contributed by atoms with van der Waals surface area (Å²) < 4.78 is 5.85. The lowest BCUT2D eigenvalue weighted by atomic mass is 10.2. The Morgan fingerprint density at radius 2 is 1.82 bits per heavy atom. The minimum absolute atomic E-state index is 0.536. The van der Waals surface area contributed by atoms with Crippen molar-refractivity contribution in [3.8, 4) is 5.75 Å². The fraction of sp³-hybridized carbons (Fsp3) is 0.368. The fourth-order valence-corrected chi connectivity index (χ4v) is 2.48. The lowest BCUT2D eigenvalue weighted by Crippen LogP contribution is -2.14. The summed E-state index contributed by atoms with van der Waals surface area (Å²) >= 11 is 5.98. The van der Waals surface area contributed by atoms with Gasteiger partial charge in [-0.15, -0.1) is 0 Å². The summed E-state index contributed by atoms with van der Waals surface area (Å²) in [6, 6.07) is 16.0. The number of rotatable bonds is 9. The Labute approximate surface area is 138 Å². The van der Waals surface area contributed by atoms with Crippen molar-refractivity contribution in [1.82, 2.24) is 5.32 Å². The van der Waals surface area contributed by atoms with E-state index in [-0.39, 0.29) is 0 Å². The zero-order valence-electron chi connectivity index (χ0n) is 13.1. The predicted molar refractivity (Wildman–Crippen MR) is 93.5 cm³/mol. The molecule has 2 rings (SSSR count). The summed E-state index contributed by atoms with van der Waals surface area (Å²) in [5, 5.41) is 4.21. The van der Waals surface area contributed by atoms with Crippen molar-refractivity contribution >= 4 is 11.6 Å². The maximum atomic E-state index is 5.98. The lowest BCUT2D eigenvalue weighted by Gasteiger charge is -2.09. The Morgan fingerprint density at radius 3 is 2.64 bits per heavy atom. The molecule has 0 aliphatic carbocycles. The van der Waals surface area contributed by atoms with E-state index in [1.165, 1.54) is 24.8 Å². The van der Waals surface area contributed by atoms with Gasteiger partial charge in [0, 0.05) is 11.6 Å². The molecule has 0 aliphatic rings. The number of halogens is 1. The first kappa shape index (κ1) is 16.9. The van der Waals surface area contributed by atoms with Gasteiger partial charge in [0.2, 0.25) is 0 Å². The van der Waals surface area contributed by atoms with Gasteiger partial charge in [-0.2, -0.15) is 0 Å². The maximum absolute atomic E-state index is 5.98. The molecule has 1 N–H and O–H groups in total. The van der Waals surface area contributed by atoms with E-state index in [4.69, 9.17) is 16.3 Å². The molecule has 0 radical (unpaired) electrons. The van der Waals surface area contributed by atoms with Crippen LogP contribution in [0.3, 0.4) is 0 Å². The Balaban J connectivity index is 1.80. The van der Waals surface area contributed by atoms with E-state index in [2.05, 4.69) is 24.4 Å². The predicted octanol–water partition coefficient (Wildman–Crippen LogP) is 5.20. The number of unbranched alkanes of at least 4 members (excludes halogenated alkanes) is 2. The lowest BCUT2D eigenvalue weighted by molar-refractivity contribution is 0.306. The standard InChI is InChI=1S/C19H24ClNO/c1-2-3-4-11-21-14-16-7-6-10-19(13-16)22-15-17-8-5-9-18(20)12-17/h5-10,12-13,21H,2-4,11,14-15H2,1H3. The van der Waals surface area contributed by atoms with Crippen molar-refractivity contribution in [3.05, 3.63) is 64.7 Å². The summed E-state index contributed by atoms with van der Waals surface area (Å²) in [6.45, 7) is 4.72. The smallest absolute Gasteiger partial charge is 0.120 e. The van der Waals surface area contributed by atoms with E-state index in [9.17, 15) is 0 Å². The van der Waals surface area contributed by atoms with Crippen molar-refractivity contribution in [2.75, 3.05) is 6.54 Å². The highest BCUT2D eigenvalue weighted by Crippen LogP contribution is 2.17. The van der Waals surface area contributed by atoms with Crippen LogP contribution in [0.25, 0.3) is 0 Å². The van der Waals surface area contributed by atoms with Crippen molar-refractivity contribution in [2.45, 2.75) is 39.3 Å². The molecular formula is C19H24ClNO. The van der Waals surface area contributed by atoms with Gasteiger partial charge < -0.3 is 10.1 Å². The zero-order chi connectivity index (χ0) is 15.6. The molecule has 0 atom stereocenters. The van der Waals surface area contributed by atoms with Crippen LogP contribution >= 0.6 is 11.6 Å². The van der Waals surface area contributed by atoms with Gasteiger partial charge >= 0.3 is 0 Å². The van der Waals surface area contributed by atoms with E-state index < -0.39 is 0 Å². The number of ether oxygens (including phenoxy) is 1. The molecule has 0 aliphatic heterocycles. The molecule has 0 saturated carbocycles. The largest absolute Gasteiger partial charge is 0.489 e. The third-order valence-electron chi connectivity index (χ3n) is 3.48. The van der Waals surface area contributed by atoms with Crippen LogP contribution in [0.15, 0.2) is 48.5 Å². The second-order valence-electron chi connectivity index (χ2n) is 5.45. The van der Waals surface area contributed by atoms with Gasteiger partial charge in [0.1, 0.15) is 12.4 Å².